The van der Waals surface area contributed by atoms with Gasteiger partial charge in [0.2, 0.25) is 0 Å². The highest BCUT2D eigenvalue weighted by molar-refractivity contribution is 5.11. The molecule has 0 aromatic heterocycles. The maximum Gasteiger partial charge on any atom is 0.0163 e. The third-order valence-corrected chi connectivity index (χ3v) is 3.58. The Morgan fingerprint density at radius 1 is 1.23 bits per heavy atom. The van der Waals surface area contributed by atoms with E-state index in [0.29, 0.717) is 0 Å². The SMILES string of the molecule is CN1CC=C(C2CCCCC2)CC1. The number of hydrogen-bond donors (Lipinski definition) is 0. The molecule has 2 rings (SSSR count). The van der Waals surface area contributed by atoms with E-state index in [1.807, 2.05) is 0 Å². The van der Waals surface area contributed by atoms with Gasteiger partial charge in [0, 0.05) is 13.1 Å². The molecule has 0 N–H and O–H groups in total. The quantitative estimate of drug-likeness (QED) is 0.559. The Balaban J connectivity index is 1.92. The summed E-state index contributed by atoms with van der Waals surface area (Å²) < 4.78 is 0. The summed E-state index contributed by atoms with van der Waals surface area (Å²) in [4.78, 5) is 2.41. The molecule has 1 nitrogen and oxygen atoms in total. The molecule has 2 aliphatic rings. The van der Waals surface area contributed by atoms with Crippen molar-refractivity contribution in [2.45, 2.75) is 38.5 Å². The number of nitrogens with zero attached hydrogens (tertiary/aromatic N) is 1. The number of hydrogen-bond acceptors (Lipinski definition) is 1. The molecule has 1 heteroatoms. The largest absolute Gasteiger partial charge is 0.302 e. The lowest BCUT2D eigenvalue weighted by Gasteiger charge is -2.29. The second-order valence-corrected chi connectivity index (χ2v) is 4.63. The Morgan fingerprint density at radius 3 is 2.62 bits per heavy atom. The fraction of sp³-hybridized carbons (Fsp3) is 0.833. The third kappa shape index (κ3) is 2.34. The molecule has 74 valence electrons. The Bertz CT molecular complexity index is 189. The molecular formula is C12H21N. The van der Waals surface area contributed by atoms with Crippen LogP contribution in [-0.4, -0.2) is 25.0 Å². The van der Waals surface area contributed by atoms with Crippen molar-refractivity contribution < 1.29 is 0 Å². The van der Waals surface area contributed by atoms with Gasteiger partial charge >= 0.3 is 0 Å². The molecule has 1 aliphatic carbocycles. The smallest absolute Gasteiger partial charge is 0.0163 e. The third-order valence-electron chi connectivity index (χ3n) is 3.58. The topological polar surface area (TPSA) is 3.24 Å². The van der Waals surface area contributed by atoms with Crippen LogP contribution in [-0.2, 0) is 0 Å². The first kappa shape index (κ1) is 9.26. The van der Waals surface area contributed by atoms with E-state index in [1.54, 1.807) is 5.57 Å². The van der Waals surface area contributed by atoms with Crippen molar-refractivity contribution in [1.29, 1.82) is 0 Å². The summed E-state index contributed by atoms with van der Waals surface area (Å²) >= 11 is 0. The van der Waals surface area contributed by atoms with Crippen LogP contribution < -0.4 is 0 Å². The lowest BCUT2D eigenvalue weighted by atomic mass is 9.81. The second kappa shape index (κ2) is 4.28. The maximum absolute atomic E-state index is 2.49. The summed E-state index contributed by atoms with van der Waals surface area (Å²) in [6, 6.07) is 0. The molecule has 0 saturated heterocycles. The summed E-state index contributed by atoms with van der Waals surface area (Å²) in [5, 5.41) is 0. The molecule has 0 bridgehead atoms. The van der Waals surface area contributed by atoms with Crippen molar-refractivity contribution in [3.8, 4) is 0 Å². The van der Waals surface area contributed by atoms with E-state index in [2.05, 4.69) is 18.0 Å². The fourth-order valence-corrected chi connectivity index (χ4v) is 2.63. The summed E-state index contributed by atoms with van der Waals surface area (Å²) in [6.45, 7) is 2.47. The molecule has 13 heavy (non-hydrogen) atoms. The highest BCUT2D eigenvalue weighted by atomic mass is 15.1. The molecule has 1 saturated carbocycles. The van der Waals surface area contributed by atoms with Crippen molar-refractivity contribution in [3.05, 3.63) is 11.6 Å². The second-order valence-electron chi connectivity index (χ2n) is 4.63. The minimum atomic E-state index is 0.961. The van der Waals surface area contributed by atoms with Crippen molar-refractivity contribution in [1.82, 2.24) is 4.90 Å². The van der Waals surface area contributed by atoms with E-state index >= 15 is 0 Å². The van der Waals surface area contributed by atoms with Crippen LogP contribution in [0.3, 0.4) is 0 Å². The highest BCUT2D eigenvalue weighted by Gasteiger charge is 2.19. The van der Waals surface area contributed by atoms with Crippen LogP contribution in [0.5, 0.6) is 0 Å². The van der Waals surface area contributed by atoms with Gasteiger partial charge in [-0.15, -0.1) is 0 Å². The zero-order valence-corrected chi connectivity index (χ0v) is 8.76. The minimum Gasteiger partial charge on any atom is -0.302 e. The normalized spacial score (nSPS) is 27.3. The van der Waals surface area contributed by atoms with Crippen molar-refractivity contribution in [2.75, 3.05) is 20.1 Å². The fourth-order valence-electron chi connectivity index (χ4n) is 2.63. The number of likely N-dealkylation sites (N-methyl/N-ethyl adjacent to an activating group) is 1. The van der Waals surface area contributed by atoms with Gasteiger partial charge in [0.05, 0.1) is 0 Å². The summed E-state index contributed by atoms with van der Waals surface area (Å²) in [5.74, 6) is 0.961. The monoisotopic (exact) mass is 179 g/mol. The zero-order chi connectivity index (χ0) is 9.10. The van der Waals surface area contributed by atoms with E-state index in [1.165, 1.54) is 51.6 Å². The predicted molar refractivity (Wildman–Crippen MR) is 56.8 cm³/mol. The lowest BCUT2D eigenvalue weighted by Crippen LogP contribution is -2.26. The van der Waals surface area contributed by atoms with E-state index in [-0.39, 0.29) is 0 Å². The molecule has 0 aromatic rings. The van der Waals surface area contributed by atoms with Crippen LogP contribution in [0, 0.1) is 5.92 Å². The molecular weight excluding hydrogens is 158 g/mol. The molecule has 0 radical (unpaired) electrons. The Labute approximate surface area is 81.8 Å². The first-order valence-electron chi connectivity index (χ1n) is 5.74. The first-order valence-corrected chi connectivity index (χ1v) is 5.74. The summed E-state index contributed by atoms with van der Waals surface area (Å²) in [6.07, 6.45) is 11.2. The standard InChI is InChI=1S/C12H21N/c1-13-9-7-12(8-10-13)11-5-3-2-4-6-11/h7,11H,2-6,8-10H2,1H3. The van der Waals surface area contributed by atoms with E-state index in [0.717, 1.165) is 5.92 Å². The molecule has 1 fully saturated rings. The molecule has 1 aliphatic heterocycles. The average molecular weight is 179 g/mol. The van der Waals surface area contributed by atoms with Crippen LogP contribution in [0.15, 0.2) is 11.6 Å². The van der Waals surface area contributed by atoms with Gasteiger partial charge in [0.1, 0.15) is 0 Å². The van der Waals surface area contributed by atoms with Gasteiger partial charge in [0.25, 0.3) is 0 Å². The Hall–Kier alpha value is -0.300. The molecule has 0 aromatic carbocycles. The summed E-state index contributed by atoms with van der Waals surface area (Å²) in [5.41, 5.74) is 1.78. The lowest BCUT2D eigenvalue weighted by molar-refractivity contribution is 0.326. The van der Waals surface area contributed by atoms with Gasteiger partial charge in [-0.1, -0.05) is 30.9 Å². The van der Waals surface area contributed by atoms with E-state index < -0.39 is 0 Å². The minimum absolute atomic E-state index is 0.961. The molecule has 0 amide bonds. The van der Waals surface area contributed by atoms with E-state index in [4.69, 9.17) is 0 Å². The summed E-state index contributed by atoms with van der Waals surface area (Å²) in [7, 11) is 2.22. The van der Waals surface area contributed by atoms with Gasteiger partial charge in [-0.05, 0) is 32.2 Å². The zero-order valence-electron chi connectivity index (χ0n) is 8.76. The molecule has 0 spiro atoms. The van der Waals surface area contributed by atoms with Crippen molar-refractivity contribution in [3.63, 3.8) is 0 Å². The van der Waals surface area contributed by atoms with Crippen LogP contribution in [0.4, 0.5) is 0 Å². The predicted octanol–water partition coefficient (Wildman–Crippen LogP) is 2.83. The van der Waals surface area contributed by atoms with Crippen LogP contribution in [0.2, 0.25) is 0 Å². The van der Waals surface area contributed by atoms with E-state index in [9.17, 15) is 0 Å². The average Bonchev–Trinajstić information content (AvgIpc) is 2.20. The van der Waals surface area contributed by atoms with Crippen molar-refractivity contribution in [2.24, 2.45) is 5.92 Å². The maximum atomic E-state index is 2.49. The van der Waals surface area contributed by atoms with Gasteiger partial charge in [-0.2, -0.15) is 0 Å². The van der Waals surface area contributed by atoms with Gasteiger partial charge in [0.15, 0.2) is 0 Å². The Morgan fingerprint density at radius 2 is 2.00 bits per heavy atom. The highest BCUT2D eigenvalue weighted by Crippen LogP contribution is 2.32. The van der Waals surface area contributed by atoms with Crippen LogP contribution in [0.25, 0.3) is 0 Å². The van der Waals surface area contributed by atoms with Gasteiger partial charge < -0.3 is 4.90 Å². The number of rotatable bonds is 1. The first-order chi connectivity index (χ1) is 6.36. The molecule has 1 heterocycles. The Kier molecular flexibility index (Phi) is 3.05. The van der Waals surface area contributed by atoms with Gasteiger partial charge in [-0.25, -0.2) is 0 Å². The van der Waals surface area contributed by atoms with Gasteiger partial charge in [-0.3, -0.25) is 0 Å². The molecule has 0 atom stereocenters. The van der Waals surface area contributed by atoms with Crippen molar-refractivity contribution >= 4 is 0 Å². The molecule has 0 unspecified atom stereocenters. The van der Waals surface area contributed by atoms with Crippen LogP contribution >= 0.6 is 0 Å². The van der Waals surface area contributed by atoms with Crippen LogP contribution in [0.1, 0.15) is 38.5 Å².